The van der Waals surface area contributed by atoms with Crippen molar-refractivity contribution in [3.8, 4) is 0 Å². The summed E-state index contributed by atoms with van der Waals surface area (Å²) >= 11 is 0. The van der Waals surface area contributed by atoms with Crippen LogP contribution in [0.2, 0.25) is 0 Å². The quantitative estimate of drug-likeness (QED) is 0.0243. The number of carbonyl (C=O) groups excluding carboxylic acids is 1. The SMILES string of the molecule is CC/C=C/CC/C=C/CC/C=C/C(O)C(COP(=O)(O)OCC[N+](C)(C)C)NC(=O)CCCCCCCCCCCCCCCCCCC/C=C\CCCCCCCCCCCCCC. The third kappa shape index (κ3) is 50.2. The largest absolute Gasteiger partial charge is 0.472 e. The molecule has 9 heteroatoms. The van der Waals surface area contributed by atoms with Crippen LogP contribution in [0.4, 0.5) is 0 Å². The van der Waals surface area contributed by atoms with Crippen LogP contribution in [0.3, 0.4) is 0 Å². The van der Waals surface area contributed by atoms with Gasteiger partial charge in [-0.3, -0.25) is 13.8 Å². The van der Waals surface area contributed by atoms with E-state index in [1.54, 1.807) is 6.08 Å². The first kappa shape index (κ1) is 63.5. The first-order chi connectivity index (χ1) is 31.5. The summed E-state index contributed by atoms with van der Waals surface area (Å²) in [5.41, 5.74) is 0. The molecular weight excluding hydrogens is 828 g/mol. The molecule has 0 aliphatic rings. The lowest BCUT2D eigenvalue weighted by Crippen LogP contribution is -2.45. The van der Waals surface area contributed by atoms with Crippen molar-refractivity contribution in [2.24, 2.45) is 0 Å². The van der Waals surface area contributed by atoms with E-state index in [2.05, 4.69) is 55.6 Å². The molecule has 0 heterocycles. The number of phosphoric acid groups is 1. The standard InChI is InChI=1S/C56H107N2O6P/c1-6-8-10-12-14-16-18-19-20-21-22-23-24-25-26-27-28-29-30-31-32-33-34-35-36-37-38-39-40-42-44-46-48-50-56(60)57-54(53-64-65(61,62)63-52-51-58(3,4)5)55(59)49-47-45-43-41-17-15-13-11-9-7-2/h9,11,17,25-26,41,47,49,54-55,59H,6-8,10,12-16,18-24,27-40,42-46,48,50-53H2,1-5H3,(H-,57,60,61,62)/p+1/b11-9+,26-25-,41-17+,49-47+. The van der Waals surface area contributed by atoms with Gasteiger partial charge in [0.25, 0.3) is 0 Å². The van der Waals surface area contributed by atoms with Crippen LogP contribution in [-0.2, 0) is 18.4 Å². The fourth-order valence-electron chi connectivity index (χ4n) is 7.96. The van der Waals surface area contributed by atoms with Crippen molar-refractivity contribution in [3.63, 3.8) is 0 Å². The van der Waals surface area contributed by atoms with E-state index in [4.69, 9.17) is 9.05 Å². The van der Waals surface area contributed by atoms with Crippen LogP contribution in [0.25, 0.3) is 0 Å². The molecule has 0 rings (SSSR count). The van der Waals surface area contributed by atoms with Crippen LogP contribution >= 0.6 is 7.82 Å². The lowest BCUT2D eigenvalue weighted by atomic mass is 10.0. The van der Waals surface area contributed by atoms with Crippen molar-refractivity contribution in [2.45, 2.75) is 264 Å². The van der Waals surface area contributed by atoms with E-state index in [0.29, 0.717) is 17.4 Å². The molecule has 0 aliphatic heterocycles. The van der Waals surface area contributed by atoms with Crippen LogP contribution in [0.5, 0.6) is 0 Å². The van der Waals surface area contributed by atoms with Gasteiger partial charge in [0.05, 0.1) is 39.9 Å². The zero-order valence-corrected chi connectivity index (χ0v) is 44.4. The highest BCUT2D eigenvalue weighted by atomic mass is 31.2. The second-order valence-electron chi connectivity index (χ2n) is 19.9. The van der Waals surface area contributed by atoms with E-state index in [-0.39, 0.29) is 19.1 Å². The number of nitrogens with one attached hydrogen (secondary N) is 1. The van der Waals surface area contributed by atoms with E-state index in [1.165, 1.54) is 180 Å². The number of allylic oxidation sites excluding steroid dienone is 7. The number of aliphatic hydroxyl groups is 1. The summed E-state index contributed by atoms with van der Waals surface area (Å²) < 4.78 is 23.5. The van der Waals surface area contributed by atoms with Crippen molar-refractivity contribution >= 4 is 13.7 Å². The van der Waals surface area contributed by atoms with E-state index in [1.807, 2.05) is 27.2 Å². The van der Waals surface area contributed by atoms with Gasteiger partial charge in [0.15, 0.2) is 0 Å². The Hall–Kier alpha value is -1.54. The Balaban J connectivity index is 3.95. The molecule has 65 heavy (non-hydrogen) atoms. The summed E-state index contributed by atoms with van der Waals surface area (Å²) in [6.45, 7) is 4.67. The van der Waals surface area contributed by atoms with Crippen molar-refractivity contribution in [2.75, 3.05) is 40.9 Å². The number of carbonyl (C=O) groups is 1. The third-order valence-electron chi connectivity index (χ3n) is 12.3. The number of phosphoric ester groups is 1. The molecule has 0 saturated heterocycles. The molecule has 3 unspecified atom stereocenters. The molecule has 0 saturated carbocycles. The van der Waals surface area contributed by atoms with Gasteiger partial charge in [0, 0.05) is 6.42 Å². The molecule has 0 fully saturated rings. The first-order valence-electron chi connectivity index (χ1n) is 27.5. The molecule has 0 aromatic carbocycles. The Morgan fingerprint density at radius 1 is 0.523 bits per heavy atom. The monoisotopic (exact) mass is 936 g/mol. The van der Waals surface area contributed by atoms with Crippen molar-refractivity contribution in [3.05, 3.63) is 48.6 Å². The number of amides is 1. The van der Waals surface area contributed by atoms with Gasteiger partial charge in [-0.2, -0.15) is 0 Å². The van der Waals surface area contributed by atoms with E-state index >= 15 is 0 Å². The van der Waals surface area contributed by atoms with E-state index in [9.17, 15) is 19.4 Å². The number of unbranched alkanes of at least 4 members (excludes halogenated alkanes) is 31. The maximum Gasteiger partial charge on any atom is 0.472 e. The predicted octanol–water partition coefficient (Wildman–Crippen LogP) is 16.4. The van der Waals surface area contributed by atoms with E-state index in [0.717, 1.165) is 51.4 Å². The maximum atomic E-state index is 12.9. The van der Waals surface area contributed by atoms with Gasteiger partial charge >= 0.3 is 7.82 Å². The number of hydrogen-bond acceptors (Lipinski definition) is 5. The number of likely N-dealkylation sites (N-methyl/N-ethyl adjacent to an activating group) is 1. The molecule has 0 spiro atoms. The van der Waals surface area contributed by atoms with Crippen LogP contribution in [0.1, 0.15) is 251 Å². The van der Waals surface area contributed by atoms with Gasteiger partial charge in [-0.15, -0.1) is 0 Å². The molecule has 382 valence electrons. The van der Waals surface area contributed by atoms with E-state index < -0.39 is 20.0 Å². The Kier molecular flexibility index (Phi) is 46.4. The molecule has 0 bridgehead atoms. The van der Waals surface area contributed by atoms with Gasteiger partial charge in [-0.1, -0.05) is 229 Å². The van der Waals surface area contributed by atoms with Crippen molar-refractivity contribution in [1.29, 1.82) is 0 Å². The third-order valence-corrected chi connectivity index (χ3v) is 13.2. The van der Waals surface area contributed by atoms with Gasteiger partial charge in [0.1, 0.15) is 13.2 Å². The predicted molar refractivity (Wildman–Crippen MR) is 281 cm³/mol. The normalized spacial score (nSPS) is 14.4. The molecule has 0 aromatic heterocycles. The summed E-state index contributed by atoms with van der Waals surface area (Å²) in [5.74, 6) is -0.191. The average Bonchev–Trinajstić information content (AvgIpc) is 3.26. The Bertz CT molecular complexity index is 1200. The number of hydrogen-bond donors (Lipinski definition) is 3. The zero-order valence-electron chi connectivity index (χ0n) is 43.5. The molecular formula is C56H108N2O6P+. The summed E-state index contributed by atoms with van der Waals surface area (Å²) in [5, 5.41) is 13.8. The number of rotatable bonds is 50. The summed E-state index contributed by atoms with van der Waals surface area (Å²) in [6, 6.07) is -0.867. The highest BCUT2D eigenvalue weighted by Gasteiger charge is 2.27. The molecule has 0 aromatic rings. The molecule has 3 N–H and O–H groups in total. The van der Waals surface area contributed by atoms with Crippen molar-refractivity contribution < 1.29 is 32.9 Å². The van der Waals surface area contributed by atoms with Crippen LogP contribution in [-0.4, -0.2) is 73.4 Å². The van der Waals surface area contributed by atoms with Gasteiger partial charge in [0.2, 0.25) is 5.91 Å². The lowest BCUT2D eigenvalue weighted by Gasteiger charge is -2.25. The number of quaternary nitrogens is 1. The Morgan fingerprint density at radius 3 is 1.31 bits per heavy atom. The maximum absolute atomic E-state index is 12.9. The van der Waals surface area contributed by atoms with Crippen LogP contribution in [0, 0.1) is 0 Å². The summed E-state index contributed by atoms with van der Waals surface area (Å²) in [4.78, 5) is 23.1. The minimum atomic E-state index is -4.35. The molecule has 0 aliphatic carbocycles. The summed E-state index contributed by atoms with van der Waals surface area (Å²) in [6.07, 6.45) is 62.5. The minimum Gasteiger partial charge on any atom is -0.387 e. The number of nitrogens with zero attached hydrogens (tertiary/aromatic N) is 1. The summed E-state index contributed by atoms with van der Waals surface area (Å²) in [7, 11) is 1.55. The highest BCUT2D eigenvalue weighted by Crippen LogP contribution is 2.43. The van der Waals surface area contributed by atoms with Crippen LogP contribution < -0.4 is 5.32 Å². The zero-order chi connectivity index (χ0) is 47.8. The second kappa shape index (κ2) is 47.5. The minimum absolute atomic E-state index is 0.0532. The smallest absolute Gasteiger partial charge is 0.387 e. The second-order valence-corrected chi connectivity index (χ2v) is 21.4. The Labute approximate surface area is 403 Å². The fourth-order valence-corrected chi connectivity index (χ4v) is 8.70. The first-order valence-corrected chi connectivity index (χ1v) is 29.0. The topological polar surface area (TPSA) is 105 Å². The molecule has 8 nitrogen and oxygen atoms in total. The number of aliphatic hydroxyl groups excluding tert-OH is 1. The van der Waals surface area contributed by atoms with Gasteiger partial charge < -0.3 is 19.8 Å². The molecule has 0 radical (unpaired) electrons. The van der Waals surface area contributed by atoms with Gasteiger partial charge in [-0.25, -0.2) is 4.57 Å². The molecule has 3 atom stereocenters. The van der Waals surface area contributed by atoms with Gasteiger partial charge in [-0.05, 0) is 64.2 Å². The van der Waals surface area contributed by atoms with Crippen LogP contribution in [0.15, 0.2) is 48.6 Å². The average molecular weight is 936 g/mol. The molecule has 1 amide bonds. The lowest BCUT2D eigenvalue weighted by molar-refractivity contribution is -0.870. The Morgan fingerprint density at radius 2 is 0.892 bits per heavy atom. The van der Waals surface area contributed by atoms with Crippen molar-refractivity contribution in [1.82, 2.24) is 5.32 Å². The fraction of sp³-hybridized carbons (Fsp3) is 0.839. The highest BCUT2D eigenvalue weighted by molar-refractivity contribution is 7.47.